The summed E-state index contributed by atoms with van der Waals surface area (Å²) in [6.07, 6.45) is 5.49. The second-order valence-corrected chi connectivity index (χ2v) is 5.07. The van der Waals surface area contributed by atoms with Crippen LogP contribution in [-0.4, -0.2) is 37.1 Å². The van der Waals surface area contributed by atoms with E-state index < -0.39 is 0 Å². The van der Waals surface area contributed by atoms with E-state index in [1.165, 1.54) is 20.0 Å². The molecule has 0 radical (unpaired) electrons. The highest BCUT2D eigenvalue weighted by Crippen LogP contribution is 2.30. The van der Waals surface area contributed by atoms with Crippen molar-refractivity contribution in [1.82, 2.24) is 4.90 Å². The highest BCUT2D eigenvalue weighted by atomic mass is 16.5. The molecule has 0 aliphatic heterocycles. The van der Waals surface area contributed by atoms with Gasteiger partial charge in [0.25, 0.3) is 0 Å². The van der Waals surface area contributed by atoms with Crippen molar-refractivity contribution < 1.29 is 9.53 Å². The Bertz CT molecular complexity index is 280. The Labute approximate surface area is 105 Å². The van der Waals surface area contributed by atoms with Crippen LogP contribution in [-0.2, 0) is 9.53 Å². The second-order valence-electron chi connectivity index (χ2n) is 5.07. The number of hydrogen-bond acceptors (Lipinski definition) is 3. The van der Waals surface area contributed by atoms with Gasteiger partial charge in [-0.3, -0.25) is 4.90 Å². The molecule has 0 bridgehead atoms. The Morgan fingerprint density at radius 1 is 1.47 bits per heavy atom. The summed E-state index contributed by atoms with van der Waals surface area (Å²) in [6, 6.07) is 0.530. The molecule has 1 aliphatic rings. The van der Waals surface area contributed by atoms with Gasteiger partial charge in [0.05, 0.1) is 7.11 Å². The van der Waals surface area contributed by atoms with Crippen LogP contribution in [0.5, 0.6) is 0 Å². The first kappa shape index (κ1) is 14.2. The minimum Gasteiger partial charge on any atom is -0.466 e. The molecule has 1 aliphatic carbocycles. The molecule has 0 spiro atoms. The SMILES string of the molecule is CCC(=CCN(CC1CC1)C(C)C)C(=O)OC. The van der Waals surface area contributed by atoms with Gasteiger partial charge in [0.1, 0.15) is 0 Å². The molecule has 0 atom stereocenters. The van der Waals surface area contributed by atoms with E-state index in [0.717, 1.165) is 31.0 Å². The first-order valence-corrected chi connectivity index (χ1v) is 6.59. The van der Waals surface area contributed by atoms with Crippen molar-refractivity contribution in [2.45, 2.75) is 46.1 Å². The average molecular weight is 239 g/mol. The standard InChI is InChI=1S/C14H25NO2/c1-5-13(14(16)17-4)8-9-15(11(2)3)10-12-6-7-12/h8,11-12H,5-7,9-10H2,1-4H3. The van der Waals surface area contributed by atoms with E-state index in [0.29, 0.717) is 6.04 Å². The molecule has 0 aromatic rings. The van der Waals surface area contributed by atoms with Crippen LogP contribution in [0.15, 0.2) is 11.6 Å². The van der Waals surface area contributed by atoms with Gasteiger partial charge in [-0.1, -0.05) is 13.0 Å². The molecule has 1 rings (SSSR count). The van der Waals surface area contributed by atoms with Crippen LogP contribution in [0, 0.1) is 5.92 Å². The number of nitrogens with zero attached hydrogens (tertiary/aromatic N) is 1. The third kappa shape index (κ3) is 4.90. The summed E-state index contributed by atoms with van der Waals surface area (Å²) in [5.74, 6) is 0.691. The Kier molecular flexibility index (Phi) is 5.69. The molecule has 0 unspecified atom stereocenters. The second kappa shape index (κ2) is 6.80. The van der Waals surface area contributed by atoms with Crippen molar-refractivity contribution in [1.29, 1.82) is 0 Å². The van der Waals surface area contributed by atoms with E-state index in [2.05, 4.69) is 18.7 Å². The highest BCUT2D eigenvalue weighted by molar-refractivity contribution is 5.88. The van der Waals surface area contributed by atoms with Crippen molar-refractivity contribution in [2.24, 2.45) is 5.92 Å². The minimum absolute atomic E-state index is 0.192. The lowest BCUT2D eigenvalue weighted by atomic mass is 10.2. The van der Waals surface area contributed by atoms with Gasteiger partial charge in [-0.2, -0.15) is 0 Å². The lowest BCUT2D eigenvalue weighted by Crippen LogP contribution is -2.33. The van der Waals surface area contributed by atoms with Crippen LogP contribution in [0.4, 0.5) is 0 Å². The zero-order valence-corrected chi connectivity index (χ0v) is 11.5. The first-order valence-electron chi connectivity index (χ1n) is 6.59. The lowest BCUT2D eigenvalue weighted by molar-refractivity contribution is -0.136. The largest absolute Gasteiger partial charge is 0.466 e. The van der Waals surface area contributed by atoms with Gasteiger partial charge in [0.2, 0.25) is 0 Å². The van der Waals surface area contributed by atoms with Crippen molar-refractivity contribution in [3.8, 4) is 0 Å². The van der Waals surface area contributed by atoms with E-state index in [-0.39, 0.29) is 5.97 Å². The zero-order valence-electron chi connectivity index (χ0n) is 11.5. The highest BCUT2D eigenvalue weighted by Gasteiger charge is 2.25. The van der Waals surface area contributed by atoms with Gasteiger partial charge in [0, 0.05) is 24.7 Å². The number of methoxy groups -OCH3 is 1. The Morgan fingerprint density at radius 3 is 2.53 bits per heavy atom. The van der Waals surface area contributed by atoms with Crippen LogP contribution >= 0.6 is 0 Å². The molecule has 0 amide bonds. The van der Waals surface area contributed by atoms with Gasteiger partial charge in [-0.15, -0.1) is 0 Å². The number of carbonyl (C=O) groups excluding carboxylic acids is 1. The third-order valence-electron chi connectivity index (χ3n) is 3.32. The minimum atomic E-state index is -0.192. The maximum Gasteiger partial charge on any atom is 0.333 e. The first-order chi connectivity index (χ1) is 8.08. The molecule has 0 aromatic carbocycles. The van der Waals surface area contributed by atoms with Crippen molar-refractivity contribution in [3.05, 3.63) is 11.6 Å². The molecule has 0 N–H and O–H groups in total. The number of carbonyl (C=O) groups is 1. The Morgan fingerprint density at radius 2 is 2.12 bits per heavy atom. The fourth-order valence-corrected chi connectivity index (χ4v) is 1.86. The van der Waals surface area contributed by atoms with E-state index in [1.54, 1.807) is 0 Å². The van der Waals surface area contributed by atoms with E-state index in [9.17, 15) is 4.79 Å². The van der Waals surface area contributed by atoms with Crippen LogP contribution in [0.1, 0.15) is 40.0 Å². The zero-order chi connectivity index (χ0) is 12.8. The molecular formula is C14H25NO2. The molecule has 17 heavy (non-hydrogen) atoms. The van der Waals surface area contributed by atoms with Crippen molar-refractivity contribution >= 4 is 5.97 Å². The van der Waals surface area contributed by atoms with Gasteiger partial charge in [0.15, 0.2) is 0 Å². The summed E-state index contributed by atoms with van der Waals surface area (Å²) >= 11 is 0. The molecule has 98 valence electrons. The molecular weight excluding hydrogens is 214 g/mol. The third-order valence-corrected chi connectivity index (χ3v) is 3.32. The maximum atomic E-state index is 11.5. The summed E-state index contributed by atoms with van der Waals surface area (Å²) in [7, 11) is 1.44. The number of rotatable bonds is 7. The molecule has 3 nitrogen and oxygen atoms in total. The molecule has 0 heterocycles. The predicted molar refractivity (Wildman–Crippen MR) is 69.8 cm³/mol. The number of esters is 1. The quantitative estimate of drug-likeness (QED) is 0.505. The average Bonchev–Trinajstić information content (AvgIpc) is 3.11. The summed E-state index contributed by atoms with van der Waals surface area (Å²) in [6.45, 7) is 8.42. The van der Waals surface area contributed by atoms with Crippen LogP contribution in [0.25, 0.3) is 0 Å². The maximum absolute atomic E-state index is 11.5. The molecule has 0 saturated heterocycles. The van der Waals surface area contributed by atoms with Crippen LogP contribution in [0.3, 0.4) is 0 Å². The van der Waals surface area contributed by atoms with Crippen LogP contribution < -0.4 is 0 Å². The monoisotopic (exact) mass is 239 g/mol. The number of ether oxygens (including phenoxy) is 1. The van der Waals surface area contributed by atoms with Crippen LogP contribution in [0.2, 0.25) is 0 Å². The molecule has 3 heteroatoms. The fourth-order valence-electron chi connectivity index (χ4n) is 1.86. The van der Waals surface area contributed by atoms with Gasteiger partial charge >= 0.3 is 5.97 Å². The predicted octanol–water partition coefficient (Wildman–Crippen LogP) is 2.62. The van der Waals surface area contributed by atoms with Gasteiger partial charge in [-0.05, 0) is 39.0 Å². The van der Waals surface area contributed by atoms with Gasteiger partial charge < -0.3 is 4.74 Å². The number of hydrogen-bond donors (Lipinski definition) is 0. The van der Waals surface area contributed by atoms with E-state index in [1.807, 2.05) is 13.0 Å². The van der Waals surface area contributed by atoms with Crippen molar-refractivity contribution in [2.75, 3.05) is 20.2 Å². The lowest BCUT2D eigenvalue weighted by Gasteiger charge is -2.25. The fraction of sp³-hybridized carbons (Fsp3) is 0.786. The smallest absolute Gasteiger partial charge is 0.333 e. The normalized spacial score (nSPS) is 16.7. The Hall–Kier alpha value is -0.830. The summed E-state index contributed by atoms with van der Waals surface area (Å²) < 4.78 is 4.76. The van der Waals surface area contributed by atoms with Gasteiger partial charge in [-0.25, -0.2) is 4.79 Å². The van der Waals surface area contributed by atoms with Crippen molar-refractivity contribution in [3.63, 3.8) is 0 Å². The summed E-state index contributed by atoms with van der Waals surface area (Å²) in [5.41, 5.74) is 0.786. The summed E-state index contributed by atoms with van der Waals surface area (Å²) in [5, 5.41) is 0. The topological polar surface area (TPSA) is 29.5 Å². The molecule has 0 aromatic heterocycles. The van der Waals surface area contributed by atoms with E-state index in [4.69, 9.17) is 4.74 Å². The summed E-state index contributed by atoms with van der Waals surface area (Å²) in [4.78, 5) is 13.9. The molecule has 1 fully saturated rings. The Balaban J connectivity index is 2.52. The van der Waals surface area contributed by atoms with E-state index >= 15 is 0 Å². The molecule has 1 saturated carbocycles.